The molecule has 0 bridgehead atoms. The molecule has 70 valence electrons. The van der Waals surface area contributed by atoms with Crippen LogP contribution in [0.2, 0.25) is 0 Å². The standard InChI is InChI=1S/C11H10N2O/c1-14-9-2-3-10-8(6-9)4-5-13-11(10)7-12/h2-6,11,13H,1H3. The van der Waals surface area contributed by atoms with Gasteiger partial charge >= 0.3 is 0 Å². The summed E-state index contributed by atoms with van der Waals surface area (Å²) in [5.74, 6) is 0.812. The van der Waals surface area contributed by atoms with Crippen molar-refractivity contribution < 1.29 is 4.74 Å². The zero-order valence-corrected chi connectivity index (χ0v) is 7.82. The van der Waals surface area contributed by atoms with E-state index >= 15 is 0 Å². The highest BCUT2D eigenvalue weighted by atomic mass is 16.5. The molecule has 0 fully saturated rings. The van der Waals surface area contributed by atoms with Gasteiger partial charge in [-0.1, -0.05) is 6.07 Å². The molecule has 0 aromatic heterocycles. The zero-order chi connectivity index (χ0) is 9.97. The summed E-state index contributed by atoms with van der Waals surface area (Å²) in [6.07, 6.45) is 3.72. The van der Waals surface area contributed by atoms with Crippen molar-refractivity contribution in [2.75, 3.05) is 7.11 Å². The molecule has 3 nitrogen and oxygen atoms in total. The van der Waals surface area contributed by atoms with Crippen LogP contribution in [0.25, 0.3) is 6.08 Å². The zero-order valence-electron chi connectivity index (χ0n) is 7.82. The van der Waals surface area contributed by atoms with E-state index < -0.39 is 0 Å². The molecule has 1 aromatic carbocycles. The van der Waals surface area contributed by atoms with Gasteiger partial charge in [0.25, 0.3) is 0 Å². The molecule has 0 radical (unpaired) electrons. The van der Waals surface area contributed by atoms with Crippen molar-refractivity contribution in [3.05, 3.63) is 35.5 Å². The van der Waals surface area contributed by atoms with E-state index in [4.69, 9.17) is 10.00 Å². The molecule has 1 N–H and O–H groups in total. The van der Waals surface area contributed by atoms with E-state index in [1.54, 1.807) is 13.3 Å². The highest BCUT2D eigenvalue weighted by molar-refractivity contribution is 5.60. The molecule has 1 heterocycles. The SMILES string of the molecule is COc1ccc2c(c1)C=CNC2C#N. The van der Waals surface area contributed by atoms with Gasteiger partial charge in [0.05, 0.1) is 13.2 Å². The van der Waals surface area contributed by atoms with Crippen LogP contribution in [0.4, 0.5) is 0 Å². The van der Waals surface area contributed by atoms with Crippen LogP contribution in [0.1, 0.15) is 17.2 Å². The van der Waals surface area contributed by atoms with Crippen LogP contribution in [-0.2, 0) is 0 Å². The first-order valence-electron chi connectivity index (χ1n) is 4.35. The van der Waals surface area contributed by atoms with Crippen LogP contribution in [0.3, 0.4) is 0 Å². The number of benzene rings is 1. The maximum absolute atomic E-state index is 8.89. The molecule has 1 atom stereocenters. The van der Waals surface area contributed by atoms with E-state index in [0.717, 1.165) is 16.9 Å². The molecular weight excluding hydrogens is 176 g/mol. The summed E-state index contributed by atoms with van der Waals surface area (Å²) < 4.78 is 5.11. The van der Waals surface area contributed by atoms with Crippen molar-refractivity contribution in [2.45, 2.75) is 6.04 Å². The number of methoxy groups -OCH3 is 1. The van der Waals surface area contributed by atoms with Gasteiger partial charge in [-0.15, -0.1) is 0 Å². The predicted molar refractivity (Wildman–Crippen MR) is 53.5 cm³/mol. The summed E-state index contributed by atoms with van der Waals surface area (Å²) in [5.41, 5.74) is 2.03. The van der Waals surface area contributed by atoms with Crippen LogP contribution >= 0.6 is 0 Å². The van der Waals surface area contributed by atoms with Crippen LogP contribution in [-0.4, -0.2) is 7.11 Å². The second kappa shape index (κ2) is 3.43. The third kappa shape index (κ3) is 1.31. The van der Waals surface area contributed by atoms with Gasteiger partial charge in [0.15, 0.2) is 0 Å². The number of ether oxygens (including phenoxy) is 1. The topological polar surface area (TPSA) is 45.0 Å². The molecule has 0 amide bonds. The summed E-state index contributed by atoms with van der Waals surface area (Å²) in [7, 11) is 1.63. The van der Waals surface area contributed by atoms with E-state index in [1.165, 1.54) is 0 Å². The van der Waals surface area contributed by atoms with E-state index in [0.29, 0.717) is 0 Å². The molecule has 0 saturated heterocycles. The maximum Gasteiger partial charge on any atom is 0.140 e. The van der Waals surface area contributed by atoms with Gasteiger partial charge in [0.1, 0.15) is 11.8 Å². The van der Waals surface area contributed by atoms with Crippen molar-refractivity contribution >= 4 is 6.08 Å². The maximum atomic E-state index is 8.89. The highest BCUT2D eigenvalue weighted by Gasteiger charge is 2.15. The van der Waals surface area contributed by atoms with Gasteiger partial charge in [-0.2, -0.15) is 5.26 Å². The second-order valence-electron chi connectivity index (χ2n) is 3.06. The van der Waals surface area contributed by atoms with Gasteiger partial charge in [-0.3, -0.25) is 0 Å². The molecule has 0 spiro atoms. The Kier molecular flexibility index (Phi) is 2.11. The van der Waals surface area contributed by atoms with Crippen LogP contribution in [0, 0.1) is 11.3 Å². The van der Waals surface area contributed by atoms with E-state index in [-0.39, 0.29) is 6.04 Å². The fourth-order valence-corrected chi connectivity index (χ4v) is 1.52. The number of nitrogens with zero attached hydrogens (tertiary/aromatic N) is 1. The molecule has 0 saturated carbocycles. The average molecular weight is 186 g/mol. The Labute approximate surface area is 82.6 Å². The Balaban J connectivity index is 2.48. The van der Waals surface area contributed by atoms with Crippen molar-refractivity contribution in [2.24, 2.45) is 0 Å². The number of hydrogen-bond acceptors (Lipinski definition) is 3. The number of nitrogens with one attached hydrogen (secondary N) is 1. The monoisotopic (exact) mass is 186 g/mol. The molecule has 3 heteroatoms. The van der Waals surface area contributed by atoms with E-state index in [9.17, 15) is 0 Å². The third-order valence-electron chi connectivity index (χ3n) is 2.26. The minimum atomic E-state index is -0.249. The van der Waals surface area contributed by atoms with E-state index in [1.807, 2.05) is 24.3 Å². The summed E-state index contributed by atoms with van der Waals surface area (Å²) in [6.45, 7) is 0. The fourth-order valence-electron chi connectivity index (χ4n) is 1.52. The highest BCUT2D eigenvalue weighted by Crippen LogP contribution is 2.26. The quantitative estimate of drug-likeness (QED) is 0.727. The van der Waals surface area contributed by atoms with Gasteiger partial charge in [-0.05, 0) is 35.5 Å². The largest absolute Gasteiger partial charge is 0.497 e. The Morgan fingerprint density at radius 3 is 3.07 bits per heavy atom. The third-order valence-corrected chi connectivity index (χ3v) is 2.26. The molecular formula is C11H10N2O. The van der Waals surface area contributed by atoms with Gasteiger partial charge in [-0.25, -0.2) is 0 Å². The van der Waals surface area contributed by atoms with Crippen molar-refractivity contribution in [3.63, 3.8) is 0 Å². The average Bonchev–Trinajstić information content (AvgIpc) is 2.27. The Morgan fingerprint density at radius 1 is 1.50 bits per heavy atom. The molecule has 1 aliphatic rings. The number of rotatable bonds is 1. The first-order valence-corrected chi connectivity index (χ1v) is 4.35. The van der Waals surface area contributed by atoms with E-state index in [2.05, 4.69) is 11.4 Å². The number of hydrogen-bond donors (Lipinski definition) is 1. The lowest BCUT2D eigenvalue weighted by atomic mass is 9.98. The molecule has 1 aliphatic heterocycles. The van der Waals surface area contributed by atoms with Crippen LogP contribution < -0.4 is 10.1 Å². The molecule has 14 heavy (non-hydrogen) atoms. The first kappa shape index (κ1) is 8.64. The Bertz CT molecular complexity index is 418. The first-order chi connectivity index (χ1) is 6.85. The fraction of sp³-hybridized carbons (Fsp3) is 0.182. The summed E-state index contributed by atoms with van der Waals surface area (Å²) in [4.78, 5) is 0. The molecule has 2 rings (SSSR count). The minimum absolute atomic E-state index is 0.249. The van der Waals surface area contributed by atoms with Crippen molar-refractivity contribution in [3.8, 4) is 11.8 Å². The van der Waals surface area contributed by atoms with Crippen LogP contribution in [0.5, 0.6) is 5.75 Å². The normalized spacial score (nSPS) is 17.9. The summed E-state index contributed by atoms with van der Waals surface area (Å²) >= 11 is 0. The van der Waals surface area contributed by atoms with Crippen LogP contribution in [0.15, 0.2) is 24.4 Å². The Hall–Kier alpha value is -1.95. The van der Waals surface area contributed by atoms with Crippen molar-refractivity contribution in [1.82, 2.24) is 5.32 Å². The molecule has 1 aromatic rings. The number of nitriles is 1. The van der Waals surface area contributed by atoms with Gasteiger partial charge < -0.3 is 10.1 Å². The molecule has 0 aliphatic carbocycles. The molecule has 1 unspecified atom stereocenters. The summed E-state index contributed by atoms with van der Waals surface area (Å²) in [5, 5.41) is 11.9. The predicted octanol–water partition coefficient (Wildman–Crippen LogP) is 1.83. The smallest absolute Gasteiger partial charge is 0.140 e. The lowest BCUT2D eigenvalue weighted by molar-refractivity contribution is 0.414. The Morgan fingerprint density at radius 2 is 2.36 bits per heavy atom. The summed E-state index contributed by atoms with van der Waals surface area (Å²) in [6, 6.07) is 7.65. The van der Waals surface area contributed by atoms with Gasteiger partial charge in [0, 0.05) is 0 Å². The lowest BCUT2D eigenvalue weighted by Crippen LogP contribution is -2.17. The minimum Gasteiger partial charge on any atom is -0.497 e. The van der Waals surface area contributed by atoms with Gasteiger partial charge in [0.2, 0.25) is 0 Å². The second-order valence-corrected chi connectivity index (χ2v) is 3.06. The lowest BCUT2D eigenvalue weighted by Gasteiger charge is -2.17. The van der Waals surface area contributed by atoms with Crippen molar-refractivity contribution in [1.29, 1.82) is 5.26 Å². The number of fused-ring (bicyclic) bond motifs is 1.